The summed E-state index contributed by atoms with van der Waals surface area (Å²) in [6.07, 6.45) is 8.07. The fourth-order valence-electron chi connectivity index (χ4n) is 6.02. The first-order valence-electron chi connectivity index (χ1n) is 9.48. The van der Waals surface area contributed by atoms with E-state index in [4.69, 9.17) is 4.74 Å². The van der Waals surface area contributed by atoms with Gasteiger partial charge in [0, 0.05) is 11.6 Å². The van der Waals surface area contributed by atoms with Crippen LogP contribution in [0.3, 0.4) is 0 Å². The summed E-state index contributed by atoms with van der Waals surface area (Å²) in [5, 5.41) is 3.26. The Kier molecular flexibility index (Phi) is 4.09. The van der Waals surface area contributed by atoms with Crippen molar-refractivity contribution >= 4 is 11.9 Å². The van der Waals surface area contributed by atoms with E-state index in [9.17, 15) is 9.59 Å². The normalized spacial score (nSPS) is 33.8. The molecule has 0 spiro atoms. The Hall–Kier alpha value is -1.84. The number of carbonyl (C=O) groups excluding carboxylic acids is 2. The first-order chi connectivity index (χ1) is 12.0. The van der Waals surface area contributed by atoms with Gasteiger partial charge in [0.25, 0.3) is 5.91 Å². The number of nitrogens with one attached hydrogen (secondary N) is 1. The topological polar surface area (TPSA) is 55.4 Å². The molecule has 0 aliphatic heterocycles. The molecule has 4 saturated carbocycles. The highest BCUT2D eigenvalue weighted by molar-refractivity contribution is 5.96. The maximum absolute atomic E-state index is 12.7. The number of esters is 1. The predicted octanol–water partition coefficient (Wildman–Crippen LogP) is 3.81. The smallest absolute Gasteiger partial charge is 0.337 e. The first kappa shape index (κ1) is 16.6. The SMILES string of the molecule is COC(=O)c1ccc(C(=O)N[C@@H](C)C23CC4CC(CC(C4)C2)C3)cc1. The second-order valence-corrected chi connectivity index (χ2v) is 8.54. The van der Waals surface area contributed by atoms with E-state index in [-0.39, 0.29) is 17.9 Å². The summed E-state index contributed by atoms with van der Waals surface area (Å²) in [6.45, 7) is 2.19. The van der Waals surface area contributed by atoms with Crippen LogP contribution in [0.15, 0.2) is 24.3 Å². The molecule has 0 aromatic heterocycles. The molecule has 4 aliphatic rings. The van der Waals surface area contributed by atoms with Crippen molar-refractivity contribution in [1.29, 1.82) is 0 Å². The lowest BCUT2D eigenvalue weighted by atomic mass is 9.48. The van der Waals surface area contributed by atoms with E-state index in [1.54, 1.807) is 24.3 Å². The fourth-order valence-corrected chi connectivity index (χ4v) is 6.02. The van der Waals surface area contributed by atoms with Gasteiger partial charge in [-0.25, -0.2) is 4.79 Å². The number of rotatable bonds is 4. The molecule has 1 aromatic rings. The van der Waals surface area contributed by atoms with Gasteiger partial charge >= 0.3 is 5.97 Å². The molecule has 4 aliphatic carbocycles. The van der Waals surface area contributed by atoms with E-state index in [0.29, 0.717) is 16.5 Å². The number of hydrogen-bond acceptors (Lipinski definition) is 3. The van der Waals surface area contributed by atoms with E-state index in [1.165, 1.54) is 45.6 Å². The molecule has 0 heterocycles. The summed E-state index contributed by atoms with van der Waals surface area (Å²) in [4.78, 5) is 24.2. The van der Waals surface area contributed by atoms with Crippen molar-refractivity contribution in [1.82, 2.24) is 5.32 Å². The largest absolute Gasteiger partial charge is 0.465 e. The summed E-state index contributed by atoms with van der Waals surface area (Å²) >= 11 is 0. The Labute approximate surface area is 149 Å². The lowest BCUT2D eigenvalue weighted by Crippen LogP contribution is -2.55. The van der Waals surface area contributed by atoms with Crippen molar-refractivity contribution in [3.63, 3.8) is 0 Å². The molecule has 25 heavy (non-hydrogen) atoms. The van der Waals surface area contributed by atoms with Gasteiger partial charge in [-0.15, -0.1) is 0 Å². The average molecular weight is 341 g/mol. The van der Waals surface area contributed by atoms with E-state index in [0.717, 1.165) is 17.8 Å². The molecular weight excluding hydrogens is 314 g/mol. The van der Waals surface area contributed by atoms with Gasteiger partial charge in [0.1, 0.15) is 0 Å². The Morgan fingerprint density at radius 1 is 1.00 bits per heavy atom. The maximum atomic E-state index is 12.7. The average Bonchev–Trinajstić information content (AvgIpc) is 2.60. The Balaban J connectivity index is 1.45. The quantitative estimate of drug-likeness (QED) is 0.847. The van der Waals surface area contributed by atoms with Crippen molar-refractivity contribution in [2.24, 2.45) is 23.2 Å². The highest BCUT2D eigenvalue weighted by Crippen LogP contribution is 2.61. The van der Waals surface area contributed by atoms with Crippen LogP contribution >= 0.6 is 0 Å². The molecule has 1 amide bonds. The molecule has 4 fully saturated rings. The Bertz CT molecular complexity index is 644. The third kappa shape index (κ3) is 2.96. The summed E-state index contributed by atoms with van der Waals surface area (Å²) in [6, 6.07) is 6.91. The minimum Gasteiger partial charge on any atom is -0.465 e. The Morgan fingerprint density at radius 3 is 1.96 bits per heavy atom. The van der Waals surface area contributed by atoms with E-state index in [1.807, 2.05) is 0 Å². The molecular formula is C21H27NO3. The van der Waals surface area contributed by atoms with Crippen LogP contribution in [-0.2, 0) is 4.74 Å². The number of benzene rings is 1. The summed E-state index contributed by atoms with van der Waals surface area (Å²) in [7, 11) is 1.36. The summed E-state index contributed by atoms with van der Waals surface area (Å²) in [5.41, 5.74) is 1.37. The second kappa shape index (κ2) is 6.15. The standard InChI is InChI=1S/C21H27NO3/c1-13(21-10-14-7-15(11-21)9-16(8-14)12-21)22-19(23)17-3-5-18(6-4-17)20(24)25-2/h3-6,13-16H,7-12H2,1-2H3,(H,22,23)/t13-,14?,15?,16?,21?/m0/s1. The van der Waals surface area contributed by atoms with E-state index in [2.05, 4.69) is 12.2 Å². The molecule has 0 saturated heterocycles. The predicted molar refractivity (Wildman–Crippen MR) is 95.3 cm³/mol. The second-order valence-electron chi connectivity index (χ2n) is 8.54. The number of ether oxygens (including phenoxy) is 1. The zero-order valence-corrected chi connectivity index (χ0v) is 15.1. The van der Waals surface area contributed by atoms with E-state index >= 15 is 0 Å². The fraction of sp³-hybridized carbons (Fsp3) is 0.619. The molecule has 134 valence electrons. The van der Waals surface area contributed by atoms with Crippen LogP contribution in [0.25, 0.3) is 0 Å². The van der Waals surface area contributed by atoms with Crippen LogP contribution < -0.4 is 5.32 Å². The number of hydrogen-bond donors (Lipinski definition) is 1. The highest BCUT2D eigenvalue weighted by atomic mass is 16.5. The molecule has 0 radical (unpaired) electrons. The van der Waals surface area contributed by atoms with Crippen LogP contribution in [0.5, 0.6) is 0 Å². The van der Waals surface area contributed by atoms with Gasteiger partial charge in [0.15, 0.2) is 0 Å². The summed E-state index contributed by atoms with van der Waals surface area (Å²) in [5.74, 6) is 2.22. The lowest BCUT2D eigenvalue weighted by Gasteiger charge is -2.59. The third-order valence-electron chi connectivity index (χ3n) is 6.92. The molecule has 1 N–H and O–H groups in total. The zero-order valence-electron chi connectivity index (χ0n) is 15.1. The number of carbonyl (C=O) groups is 2. The molecule has 1 aromatic carbocycles. The maximum Gasteiger partial charge on any atom is 0.337 e. The summed E-state index contributed by atoms with van der Waals surface area (Å²) < 4.78 is 4.70. The van der Waals surface area contributed by atoms with Crippen molar-refractivity contribution in [3.8, 4) is 0 Å². The number of methoxy groups -OCH3 is 1. The van der Waals surface area contributed by atoms with Crippen LogP contribution in [0.4, 0.5) is 0 Å². The van der Waals surface area contributed by atoms with Crippen LogP contribution in [0.1, 0.15) is 66.2 Å². The highest BCUT2D eigenvalue weighted by Gasteiger charge is 2.53. The lowest BCUT2D eigenvalue weighted by molar-refractivity contribution is -0.0688. The zero-order chi connectivity index (χ0) is 17.6. The first-order valence-corrected chi connectivity index (χ1v) is 9.48. The van der Waals surface area contributed by atoms with Gasteiger partial charge in [-0.05, 0) is 92.9 Å². The van der Waals surface area contributed by atoms with Gasteiger partial charge in [0.2, 0.25) is 0 Å². The van der Waals surface area contributed by atoms with Crippen molar-refractivity contribution in [2.75, 3.05) is 7.11 Å². The van der Waals surface area contributed by atoms with Gasteiger partial charge in [-0.2, -0.15) is 0 Å². The molecule has 1 atom stereocenters. The number of amides is 1. The van der Waals surface area contributed by atoms with Crippen molar-refractivity contribution in [2.45, 2.75) is 51.5 Å². The van der Waals surface area contributed by atoms with E-state index < -0.39 is 0 Å². The molecule has 4 heteroatoms. The van der Waals surface area contributed by atoms with Crippen molar-refractivity contribution in [3.05, 3.63) is 35.4 Å². The van der Waals surface area contributed by atoms with Gasteiger partial charge in [0.05, 0.1) is 12.7 Å². The third-order valence-corrected chi connectivity index (χ3v) is 6.92. The van der Waals surface area contributed by atoms with Crippen LogP contribution in [-0.4, -0.2) is 25.0 Å². The minimum atomic E-state index is -0.381. The van der Waals surface area contributed by atoms with Crippen molar-refractivity contribution < 1.29 is 14.3 Å². The molecule has 4 bridgehead atoms. The van der Waals surface area contributed by atoms with Crippen LogP contribution in [0.2, 0.25) is 0 Å². The molecule has 0 unspecified atom stereocenters. The Morgan fingerprint density at radius 2 is 1.48 bits per heavy atom. The minimum absolute atomic E-state index is 0.0420. The molecule has 5 rings (SSSR count). The van der Waals surface area contributed by atoms with Gasteiger partial charge < -0.3 is 10.1 Å². The van der Waals surface area contributed by atoms with Gasteiger partial charge in [-0.3, -0.25) is 4.79 Å². The van der Waals surface area contributed by atoms with Crippen LogP contribution in [0, 0.1) is 23.2 Å². The molecule has 4 nitrogen and oxygen atoms in total. The monoisotopic (exact) mass is 341 g/mol. The van der Waals surface area contributed by atoms with Gasteiger partial charge in [-0.1, -0.05) is 0 Å².